The number of para-hydroxylation sites is 1. The molecule has 1 aromatic heterocycles. The van der Waals surface area contributed by atoms with E-state index in [1.54, 1.807) is 18.2 Å². The molecule has 0 N–H and O–H groups in total. The lowest BCUT2D eigenvalue weighted by Gasteiger charge is -2.30. The van der Waals surface area contributed by atoms with Crippen molar-refractivity contribution in [3.05, 3.63) is 46.3 Å². The van der Waals surface area contributed by atoms with E-state index in [1.165, 1.54) is 51.4 Å². The fourth-order valence-electron chi connectivity index (χ4n) is 4.37. The third-order valence-electron chi connectivity index (χ3n) is 6.62. The highest BCUT2D eigenvalue weighted by molar-refractivity contribution is 5.92. The summed E-state index contributed by atoms with van der Waals surface area (Å²) in [6.07, 6.45) is 9.77. The monoisotopic (exact) mass is 457 g/mol. The second-order valence-electron chi connectivity index (χ2n) is 9.21. The predicted octanol–water partition coefficient (Wildman–Crippen LogP) is 6.68. The number of unbranched alkanes of at least 4 members (excludes halogenated alkanes) is 2. The normalized spacial score (nSPS) is 13.4. The number of ether oxygens (including phenoxy) is 1. The van der Waals surface area contributed by atoms with Gasteiger partial charge in [0.2, 0.25) is 0 Å². The SMILES string of the molecule is CCCC[C@@H](CC)CN(CCOC(=O)c1cc2ccccc2oc1=O)C[C@H](CC)CCCC. The number of nitrogens with zero attached hydrogens (tertiary/aromatic N) is 1. The van der Waals surface area contributed by atoms with Gasteiger partial charge in [-0.2, -0.15) is 0 Å². The molecule has 5 heteroatoms. The molecule has 0 amide bonds. The van der Waals surface area contributed by atoms with E-state index < -0.39 is 11.6 Å². The van der Waals surface area contributed by atoms with E-state index in [4.69, 9.17) is 9.15 Å². The summed E-state index contributed by atoms with van der Waals surface area (Å²) in [7, 11) is 0. The van der Waals surface area contributed by atoms with Crippen molar-refractivity contribution < 1.29 is 13.9 Å². The van der Waals surface area contributed by atoms with Gasteiger partial charge in [0, 0.05) is 25.0 Å². The molecule has 1 heterocycles. The lowest BCUT2D eigenvalue weighted by Crippen LogP contribution is -2.37. The summed E-state index contributed by atoms with van der Waals surface area (Å²) >= 11 is 0. The third kappa shape index (κ3) is 8.96. The van der Waals surface area contributed by atoms with Crippen LogP contribution in [0.2, 0.25) is 0 Å². The number of rotatable bonds is 16. The van der Waals surface area contributed by atoms with Crippen LogP contribution in [0, 0.1) is 11.8 Å². The smallest absolute Gasteiger partial charge is 0.351 e. The summed E-state index contributed by atoms with van der Waals surface area (Å²) in [5, 5.41) is 0.717. The van der Waals surface area contributed by atoms with Crippen LogP contribution in [0.4, 0.5) is 0 Å². The molecule has 5 nitrogen and oxygen atoms in total. The summed E-state index contributed by atoms with van der Waals surface area (Å²) in [5.74, 6) is 0.722. The molecule has 0 unspecified atom stereocenters. The molecule has 0 saturated heterocycles. The standard InChI is InChI=1S/C28H43NO4/c1-5-9-13-22(7-3)20-29(21-23(8-4)14-10-6-2)17-18-32-27(30)25-19-24-15-11-12-16-26(24)33-28(25)31/h11-12,15-16,19,22-23H,5-10,13-14,17-18,20-21H2,1-4H3/t22-,23-/m1/s1. The Bertz CT molecular complexity index is 873. The van der Waals surface area contributed by atoms with Crippen LogP contribution >= 0.6 is 0 Å². The summed E-state index contributed by atoms with van der Waals surface area (Å²) in [5.41, 5.74) is -0.212. The van der Waals surface area contributed by atoms with E-state index >= 15 is 0 Å². The van der Waals surface area contributed by atoms with Gasteiger partial charge in [-0.25, -0.2) is 9.59 Å². The Morgan fingerprint density at radius 1 is 0.970 bits per heavy atom. The average Bonchev–Trinajstić information content (AvgIpc) is 2.83. The Hall–Kier alpha value is -2.14. The molecule has 0 spiro atoms. The van der Waals surface area contributed by atoms with Crippen LogP contribution in [0.3, 0.4) is 0 Å². The maximum atomic E-state index is 12.6. The quantitative estimate of drug-likeness (QED) is 0.208. The van der Waals surface area contributed by atoms with Crippen molar-refractivity contribution in [2.24, 2.45) is 11.8 Å². The highest BCUT2D eigenvalue weighted by Gasteiger charge is 2.19. The largest absolute Gasteiger partial charge is 0.461 e. The van der Waals surface area contributed by atoms with Crippen molar-refractivity contribution in [1.82, 2.24) is 4.90 Å². The molecule has 0 aliphatic rings. The zero-order chi connectivity index (χ0) is 24.1. The summed E-state index contributed by atoms with van der Waals surface area (Å²) in [6, 6.07) is 8.75. The van der Waals surface area contributed by atoms with Crippen LogP contribution in [-0.4, -0.2) is 37.1 Å². The molecule has 2 atom stereocenters. The molecule has 33 heavy (non-hydrogen) atoms. The Balaban J connectivity index is 2.01. The van der Waals surface area contributed by atoms with Gasteiger partial charge in [-0.1, -0.05) is 84.4 Å². The van der Waals surface area contributed by atoms with Crippen molar-refractivity contribution in [3.8, 4) is 0 Å². The van der Waals surface area contributed by atoms with E-state index in [-0.39, 0.29) is 12.2 Å². The van der Waals surface area contributed by atoms with E-state index in [2.05, 4.69) is 32.6 Å². The van der Waals surface area contributed by atoms with Gasteiger partial charge in [0.05, 0.1) is 0 Å². The number of fused-ring (bicyclic) bond motifs is 1. The maximum absolute atomic E-state index is 12.6. The van der Waals surface area contributed by atoms with Crippen LogP contribution in [0.5, 0.6) is 0 Å². The molecule has 0 radical (unpaired) electrons. The molecule has 2 rings (SSSR count). The van der Waals surface area contributed by atoms with E-state index in [0.717, 1.165) is 13.1 Å². The number of carbonyl (C=O) groups is 1. The first kappa shape index (κ1) is 27.1. The first-order valence-electron chi connectivity index (χ1n) is 12.9. The molecule has 184 valence electrons. The Morgan fingerprint density at radius 2 is 1.58 bits per heavy atom. The van der Waals surface area contributed by atoms with Crippen molar-refractivity contribution in [2.45, 2.75) is 79.1 Å². The van der Waals surface area contributed by atoms with Crippen molar-refractivity contribution >= 4 is 16.9 Å². The van der Waals surface area contributed by atoms with Gasteiger partial charge in [-0.15, -0.1) is 0 Å². The van der Waals surface area contributed by atoms with Crippen LogP contribution in [0.15, 0.2) is 39.5 Å². The number of hydrogen-bond acceptors (Lipinski definition) is 5. The second kappa shape index (κ2) is 14.9. The minimum atomic E-state index is -0.646. The van der Waals surface area contributed by atoms with E-state index in [1.807, 2.05) is 12.1 Å². The lowest BCUT2D eigenvalue weighted by atomic mass is 9.96. The second-order valence-corrected chi connectivity index (χ2v) is 9.21. The zero-order valence-electron chi connectivity index (χ0n) is 21.1. The number of hydrogen-bond donors (Lipinski definition) is 0. The van der Waals surface area contributed by atoms with E-state index in [0.29, 0.717) is 29.3 Å². The minimum absolute atomic E-state index is 0.0380. The Morgan fingerprint density at radius 3 is 2.15 bits per heavy atom. The minimum Gasteiger partial charge on any atom is -0.461 e. The molecule has 1 aromatic carbocycles. The number of esters is 1. The number of carbonyl (C=O) groups excluding carboxylic acids is 1. The van der Waals surface area contributed by atoms with Gasteiger partial charge in [0.1, 0.15) is 17.8 Å². The molecular formula is C28H43NO4. The van der Waals surface area contributed by atoms with Gasteiger partial charge in [0.25, 0.3) is 0 Å². The van der Waals surface area contributed by atoms with Gasteiger partial charge >= 0.3 is 11.6 Å². The molecule has 0 saturated carbocycles. The van der Waals surface area contributed by atoms with Gasteiger partial charge in [-0.05, 0) is 36.8 Å². The fourth-order valence-corrected chi connectivity index (χ4v) is 4.37. The third-order valence-corrected chi connectivity index (χ3v) is 6.62. The first-order valence-corrected chi connectivity index (χ1v) is 12.9. The first-order chi connectivity index (χ1) is 16.0. The van der Waals surface area contributed by atoms with Crippen LogP contribution in [0.25, 0.3) is 11.0 Å². The molecule has 0 bridgehead atoms. The number of benzene rings is 1. The topological polar surface area (TPSA) is 59.8 Å². The fraction of sp³-hybridized carbons (Fsp3) is 0.643. The van der Waals surface area contributed by atoms with Gasteiger partial charge < -0.3 is 9.15 Å². The van der Waals surface area contributed by atoms with Crippen molar-refractivity contribution in [2.75, 3.05) is 26.2 Å². The lowest BCUT2D eigenvalue weighted by molar-refractivity contribution is 0.0435. The summed E-state index contributed by atoms with van der Waals surface area (Å²) in [6.45, 7) is 12.1. The Labute approximate surface area is 199 Å². The molecule has 0 fully saturated rings. The molecular weight excluding hydrogens is 414 g/mol. The van der Waals surface area contributed by atoms with Gasteiger partial charge in [-0.3, -0.25) is 4.90 Å². The predicted molar refractivity (Wildman–Crippen MR) is 136 cm³/mol. The molecule has 0 aliphatic carbocycles. The van der Waals surface area contributed by atoms with Crippen LogP contribution in [0.1, 0.15) is 89.4 Å². The zero-order valence-corrected chi connectivity index (χ0v) is 21.1. The van der Waals surface area contributed by atoms with Crippen LogP contribution in [-0.2, 0) is 4.74 Å². The summed E-state index contributed by atoms with van der Waals surface area (Å²) < 4.78 is 10.8. The maximum Gasteiger partial charge on any atom is 0.351 e. The van der Waals surface area contributed by atoms with Crippen molar-refractivity contribution in [3.63, 3.8) is 0 Å². The Kier molecular flexibility index (Phi) is 12.2. The highest BCUT2D eigenvalue weighted by atomic mass is 16.5. The highest BCUT2D eigenvalue weighted by Crippen LogP contribution is 2.19. The van der Waals surface area contributed by atoms with Crippen molar-refractivity contribution in [1.29, 1.82) is 0 Å². The average molecular weight is 458 g/mol. The van der Waals surface area contributed by atoms with Gasteiger partial charge in [0.15, 0.2) is 0 Å². The van der Waals surface area contributed by atoms with E-state index in [9.17, 15) is 9.59 Å². The molecule has 0 aliphatic heterocycles. The summed E-state index contributed by atoms with van der Waals surface area (Å²) in [4.78, 5) is 27.4. The van der Waals surface area contributed by atoms with Crippen LogP contribution < -0.4 is 5.63 Å². The molecule has 2 aromatic rings.